The van der Waals surface area contributed by atoms with Crippen LogP contribution in [0.2, 0.25) is 0 Å². The Kier molecular flexibility index (Phi) is 3.39. The topological polar surface area (TPSA) is 3.24 Å². The largest absolute Gasteiger partial charge is 0.289 e. The Bertz CT molecular complexity index is 545. The van der Waals surface area contributed by atoms with Crippen molar-refractivity contribution in [2.75, 3.05) is 0 Å². The maximum atomic E-state index is 2.61. The van der Waals surface area contributed by atoms with E-state index in [1.54, 1.807) is 0 Å². The van der Waals surface area contributed by atoms with Crippen LogP contribution in [0.25, 0.3) is 0 Å². The number of hydrogen-bond donors (Lipinski definition) is 0. The van der Waals surface area contributed by atoms with Crippen LogP contribution in [0.4, 0.5) is 0 Å². The van der Waals surface area contributed by atoms with Gasteiger partial charge in [-0.15, -0.1) is 0 Å². The lowest BCUT2D eigenvalue weighted by Gasteiger charge is -2.40. The molecule has 1 aliphatic rings. The van der Waals surface area contributed by atoms with Gasteiger partial charge >= 0.3 is 0 Å². The Morgan fingerprint density at radius 3 is 2.21 bits per heavy atom. The molecular weight excluding hydrogens is 230 g/mol. The molecule has 0 N–H and O–H groups in total. The van der Waals surface area contributed by atoms with Crippen molar-refractivity contribution >= 4 is 0 Å². The molecule has 0 saturated heterocycles. The van der Waals surface area contributed by atoms with Gasteiger partial charge in [0.2, 0.25) is 0 Å². The molecule has 0 saturated carbocycles. The Hall–Kier alpha value is -1.60. The molecule has 2 aromatic rings. The van der Waals surface area contributed by atoms with E-state index in [9.17, 15) is 0 Å². The van der Waals surface area contributed by atoms with Crippen molar-refractivity contribution in [3.8, 4) is 0 Å². The molecule has 1 nitrogen and oxygen atoms in total. The molecule has 0 radical (unpaired) electrons. The van der Waals surface area contributed by atoms with Crippen LogP contribution < -0.4 is 0 Å². The van der Waals surface area contributed by atoms with Gasteiger partial charge in [0.25, 0.3) is 0 Å². The van der Waals surface area contributed by atoms with Gasteiger partial charge < -0.3 is 0 Å². The zero-order valence-electron chi connectivity index (χ0n) is 11.7. The maximum absolute atomic E-state index is 2.61. The van der Waals surface area contributed by atoms with E-state index in [4.69, 9.17) is 0 Å². The van der Waals surface area contributed by atoms with Gasteiger partial charge in [0, 0.05) is 18.6 Å². The Labute approximate surface area is 115 Å². The average Bonchev–Trinajstić information content (AvgIpc) is 2.46. The van der Waals surface area contributed by atoms with Crippen LogP contribution in [-0.4, -0.2) is 10.9 Å². The predicted molar refractivity (Wildman–Crippen MR) is 80.0 cm³/mol. The lowest BCUT2D eigenvalue weighted by atomic mass is 9.89. The molecule has 1 atom stereocenters. The summed E-state index contributed by atoms with van der Waals surface area (Å²) >= 11 is 0. The van der Waals surface area contributed by atoms with Crippen LogP contribution >= 0.6 is 0 Å². The molecule has 0 spiro atoms. The monoisotopic (exact) mass is 251 g/mol. The Morgan fingerprint density at radius 2 is 1.53 bits per heavy atom. The smallest absolute Gasteiger partial charge is 0.0394 e. The zero-order valence-corrected chi connectivity index (χ0v) is 11.7. The van der Waals surface area contributed by atoms with Crippen LogP contribution in [0.15, 0.2) is 54.6 Å². The van der Waals surface area contributed by atoms with Gasteiger partial charge in [-0.3, -0.25) is 4.90 Å². The summed E-state index contributed by atoms with van der Waals surface area (Å²) in [6.07, 6.45) is 1.12. The number of nitrogens with zero attached hydrogens (tertiary/aromatic N) is 1. The van der Waals surface area contributed by atoms with Gasteiger partial charge in [-0.05, 0) is 37.0 Å². The fourth-order valence-corrected chi connectivity index (χ4v) is 3.07. The normalized spacial score (nSPS) is 19.4. The molecule has 1 aliphatic heterocycles. The fourth-order valence-electron chi connectivity index (χ4n) is 3.07. The van der Waals surface area contributed by atoms with Crippen LogP contribution in [0.3, 0.4) is 0 Å². The van der Waals surface area contributed by atoms with Crippen molar-refractivity contribution in [2.24, 2.45) is 0 Å². The molecule has 0 amide bonds. The summed E-state index contributed by atoms with van der Waals surface area (Å²) in [5.74, 6) is 0. The van der Waals surface area contributed by atoms with E-state index in [0.29, 0.717) is 12.1 Å². The van der Waals surface area contributed by atoms with E-state index >= 15 is 0 Å². The van der Waals surface area contributed by atoms with Crippen molar-refractivity contribution in [1.82, 2.24) is 4.90 Å². The van der Waals surface area contributed by atoms with Gasteiger partial charge in [0.1, 0.15) is 0 Å². The second-order valence-corrected chi connectivity index (χ2v) is 5.67. The third kappa shape index (κ3) is 2.43. The summed E-state index contributed by atoms with van der Waals surface area (Å²) in [5, 5.41) is 0. The first kappa shape index (κ1) is 12.4. The third-order valence-corrected chi connectivity index (χ3v) is 4.13. The first-order valence-electron chi connectivity index (χ1n) is 7.13. The van der Waals surface area contributed by atoms with E-state index in [0.717, 1.165) is 13.0 Å². The number of benzene rings is 2. The van der Waals surface area contributed by atoms with Gasteiger partial charge in [-0.25, -0.2) is 0 Å². The number of hydrogen-bond acceptors (Lipinski definition) is 1. The molecule has 1 heteroatoms. The summed E-state index contributed by atoms with van der Waals surface area (Å²) in [5.41, 5.74) is 4.43. The Balaban J connectivity index is 1.99. The molecule has 0 fully saturated rings. The molecule has 0 aliphatic carbocycles. The lowest BCUT2D eigenvalue weighted by Crippen LogP contribution is -2.38. The van der Waals surface area contributed by atoms with E-state index in [2.05, 4.69) is 73.3 Å². The minimum Gasteiger partial charge on any atom is -0.289 e. The van der Waals surface area contributed by atoms with Gasteiger partial charge in [0.15, 0.2) is 0 Å². The van der Waals surface area contributed by atoms with Crippen molar-refractivity contribution in [2.45, 2.75) is 38.9 Å². The summed E-state index contributed by atoms with van der Waals surface area (Å²) < 4.78 is 0. The van der Waals surface area contributed by atoms with Gasteiger partial charge in [-0.2, -0.15) is 0 Å². The van der Waals surface area contributed by atoms with Crippen molar-refractivity contribution < 1.29 is 0 Å². The zero-order chi connectivity index (χ0) is 13.2. The second kappa shape index (κ2) is 5.18. The van der Waals surface area contributed by atoms with Crippen LogP contribution in [0.1, 0.15) is 36.6 Å². The molecule has 0 aromatic heterocycles. The SMILES string of the molecule is CC(C)N1Cc2ccccc2CC1c1ccccc1. The van der Waals surface area contributed by atoms with Gasteiger partial charge in [0.05, 0.1) is 0 Å². The first-order valence-corrected chi connectivity index (χ1v) is 7.13. The summed E-state index contributed by atoms with van der Waals surface area (Å²) in [6.45, 7) is 5.65. The minimum absolute atomic E-state index is 0.510. The molecular formula is C18H21N. The molecule has 2 aromatic carbocycles. The molecule has 3 rings (SSSR count). The highest BCUT2D eigenvalue weighted by Gasteiger charge is 2.28. The summed E-state index contributed by atoms with van der Waals surface area (Å²) in [6, 6.07) is 20.8. The van der Waals surface area contributed by atoms with E-state index in [-0.39, 0.29) is 0 Å². The Morgan fingerprint density at radius 1 is 0.895 bits per heavy atom. The van der Waals surface area contributed by atoms with E-state index < -0.39 is 0 Å². The van der Waals surface area contributed by atoms with Crippen LogP contribution in [0, 0.1) is 0 Å². The third-order valence-electron chi connectivity index (χ3n) is 4.13. The highest BCUT2D eigenvalue weighted by Crippen LogP contribution is 2.34. The maximum Gasteiger partial charge on any atom is 0.0394 e. The van der Waals surface area contributed by atoms with Crippen molar-refractivity contribution in [3.63, 3.8) is 0 Å². The van der Waals surface area contributed by atoms with E-state index in [1.807, 2.05) is 0 Å². The molecule has 1 heterocycles. The molecule has 1 unspecified atom stereocenters. The summed E-state index contributed by atoms with van der Waals surface area (Å²) in [7, 11) is 0. The molecule has 98 valence electrons. The fraction of sp³-hybridized carbons (Fsp3) is 0.333. The van der Waals surface area contributed by atoms with Crippen molar-refractivity contribution in [1.29, 1.82) is 0 Å². The standard InChI is InChI=1S/C18H21N/c1-14(2)19-13-17-11-7-6-10-16(17)12-18(19)15-8-4-3-5-9-15/h3-11,14,18H,12-13H2,1-2H3. The first-order chi connectivity index (χ1) is 9.25. The average molecular weight is 251 g/mol. The number of rotatable bonds is 2. The van der Waals surface area contributed by atoms with Crippen LogP contribution in [0.5, 0.6) is 0 Å². The lowest BCUT2D eigenvalue weighted by molar-refractivity contribution is 0.130. The predicted octanol–water partition coefficient (Wildman–Crippen LogP) is 4.19. The molecule has 0 bridgehead atoms. The highest BCUT2D eigenvalue weighted by molar-refractivity contribution is 5.33. The number of fused-ring (bicyclic) bond motifs is 1. The minimum atomic E-state index is 0.510. The highest BCUT2D eigenvalue weighted by atomic mass is 15.2. The van der Waals surface area contributed by atoms with Crippen LogP contribution in [-0.2, 0) is 13.0 Å². The summed E-state index contributed by atoms with van der Waals surface area (Å²) in [4.78, 5) is 2.61. The second-order valence-electron chi connectivity index (χ2n) is 5.67. The molecule has 19 heavy (non-hydrogen) atoms. The van der Waals surface area contributed by atoms with Gasteiger partial charge in [-0.1, -0.05) is 54.6 Å². The van der Waals surface area contributed by atoms with E-state index in [1.165, 1.54) is 16.7 Å². The quantitative estimate of drug-likeness (QED) is 0.773. The van der Waals surface area contributed by atoms with Crippen molar-refractivity contribution in [3.05, 3.63) is 71.3 Å².